The predicted octanol–water partition coefficient (Wildman–Crippen LogP) is 2.85. The van der Waals surface area contributed by atoms with Crippen LogP contribution in [-0.2, 0) is 7.05 Å². The van der Waals surface area contributed by atoms with Crippen LogP contribution in [0.1, 0.15) is 27.8 Å². The Labute approximate surface area is 163 Å². The molecule has 0 fully saturated rings. The summed E-state index contributed by atoms with van der Waals surface area (Å²) >= 11 is 0. The zero-order valence-corrected chi connectivity index (χ0v) is 15.1. The summed E-state index contributed by atoms with van der Waals surface area (Å²) in [6.45, 7) is 0. The maximum Gasteiger partial charge on any atom is 0.320 e. The lowest BCUT2D eigenvalue weighted by Crippen LogP contribution is -2.35. The number of rotatable bonds is 5. The zero-order chi connectivity index (χ0) is 21.1. The SMILES string of the molecule is Cn1ccnc1C(NC(=O)Nc1ccc(F)c(C(N)=O)c1)c1ccc(F)cc1F. The highest BCUT2D eigenvalue weighted by Crippen LogP contribution is 2.24. The summed E-state index contributed by atoms with van der Waals surface area (Å²) in [5, 5.41) is 4.96. The van der Waals surface area contributed by atoms with Crippen LogP contribution >= 0.6 is 0 Å². The molecule has 2 aromatic carbocycles. The van der Waals surface area contributed by atoms with E-state index >= 15 is 0 Å². The van der Waals surface area contributed by atoms with Crippen LogP contribution < -0.4 is 16.4 Å². The maximum absolute atomic E-state index is 14.3. The van der Waals surface area contributed by atoms with Crippen LogP contribution in [0.5, 0.6) is 0 Å². The van der Waals surface area contributed by atoms with Gasteiger partial charge in [0.25, 0.3) is 5.91 Å². The van der Waals surface area contributed by atoms with Gasteiger partial charge in [0.15, 0.2) is 0 Å². The molecule has 29 heavy (non-hydrogen) atoms. The van der Waals surface area contributed by atoms with E-state index in [1.165, 1.54) is 18.3 Å². The number of aromatic nitrogens is 2. The van der Waals surface area contributed by atoms with E-state index in [2.05, 4.69) is 15.6 Å². The molecule has 0 spiro atoms. The summed E-state index contributed by atoms with van der Waals surface area (Å²) in [6.07, 6.45) is 3.06. The van der Waals surface area contributed by atoms with E-state index in [1.807, 2.05) is 0 Å². The van der Waals surface area contributed by atoms with Gasteiger partial charge in [-0.1, -0.05) is 6.07 Å². The predicted molar refractivity (Wildman–Crippen MR) is 98.5 cm³/mol. The number of hydrogen-bond donors (Lipinski definition) is 3. The molecule has 1 aromatic heterocycles. The summed E-state index contributed by atoms with van der Waals surface area (Å²) in [5.41, 5.74) is 4.78. The number of imidazole rings is 1. The van der Waals surface area contributed by atoms with E-state index in [0.717, 1.165) is 18.2 Å². The monoisotopic (exact) mass is 403 g/mol. The molecule has 7 nitrogen and oxygen atoms in total. The fraction of sp³-hybridized carbons (Fsp3) is 0.105. The Hall–Kier alpha value is -3.82. The first kappa shape index (κ1) is 19.9. The molecule has 3 amide bonds. The lowest BCUT2D eigenvalue weighted by atomic mass is 10.1. The van der Waals surface area contributed by atoms with Gasteiger partial charge in [0.05, 0.1) is 5.56 Å². The molecular formula is C19H16F3N5O2. The Bertz CT molecular complexity index is 1080. The molecule has 1 atom stereocenters. The maximum atomic E-state index is 14.3. The number of amides is 3. The summed E-state index contributed by atoms with van der Waals surface area (Å²) in [7, 11) is 1.65. The highest BCUT2D eigenvalue weighted by molar-refractivity contribution is 5.96. The molecule has 0 aliphatic carbocycles. The van der Waals surface area contributed by atoms with Crippen molar-refractivity contribution in [2.45, 2.75) is 6.04 Å². The van der Waals surface area contributed by atoms with Crippen molar-refractivity contribution in [2.24, 2.45) is 12.8 Å². The van der Waals surface area contributed by atoms with Crippen LogP contribution in [0.4, 0.5) is 23.7 Å². The smallest absolute Gasteiger partial charge is 0.320 e. The molecule has 150 valence electrons. The molecule has 0 bridgehead atoms. The lowest BCUT2D eigenvalue weighted by molar-refractivity contribution is 0.0996. The molecule has 0 aliphatic heterocycles. The van der Waals surface area contributed by atoms with Gasteiger partial charge in [0.2, 0.25) is 0 Å². The van der Waals surface area contributed by atoms with E-state index in [0.29, 0.717) is 11.9 Å². The summed E-state index contributed by atoms with van der Waals surface area (Å²) in [5.74, 6) is -3.16. The molecule has 3 rings (SSSR count). The van der Waals surface area contributed by atoms with Crippen LogP contribution in [0.3, 0.4) is 0 Å². The Balaban J connectivity index is 1.88. The van der Waals surface area contributed by atoms with Crippen LogP contribution in [0.25, 0.3) is 0 Å². The lowest BCUT2D eigenvalue weighted by Gasteiger charge is -2.20. The first-order valence-corrected chi connectivity index (χ1v) is 8.35. The summed E-state index contributed by atoms with van der Waals surface area (Å²) in [6, 6.07) is 4.41. The van der Waals surface area contributed by atoms with Crippen molar-refractivity contribution < 1.29 is 22.8 Å². The van der Waals surface area contributed by atoms with Gasteiger partial charge in [0.1, 0.15) is 29.3 Å². The number of nitrogens with two attached hydrogens (primary N) is 1. The minimum Gasteiger partial charge on any atom is -0.366 e. The summed E-state index contributed by atoms with van der Waals surface area (Å²) < 4.78 is 42.8. The molecule has 0 saturated heterocycles. The van der Waals surface area contributed by atoms with E-state index in [9.17, 15) is 22.8 Å². The standard InChI is InChI=1S/C19H16F3N5O2/c1-27-7-6-24-18(27)16(12-4-2-10(20)8-15(12)22)26-19(29)25-11-3-5-14(21)13(9-11)17(23)28/h2-9,16H,1H3,(H2,23,28)(H2,25,26,29). The molecule has 0 saturated carbocycles. The number of carbonyl (C=O) groups excluding carboxylic acids is 2. The van der Waals surface area contributed by atoms with Gasteiger partial charge in [-0.2, -0.15) is 0 Å². The average Bonchev–Trinajstić information content (AvgIpc) is 3.07. The van der Waals surface area contributed by atoms with Gasteiger partial charge in [0, 0.05) is 36.8 Å². The molecular weight excluding hydrogens is 387 g/mol. The van der Waals surface area contributed by atoms with Gasteiger partial charge in [-0.25, -0.2) is 22.9 Å². The zero-order valence-electron chi connectivity index (χ0n) is 15.1. The largest absolute Gasteiger partial charge is 0.366 e. The minimum absolute atomic E-state index is 0.00668. The van der Waals surface area contributed by atoms with E-state index in [1.54, 1.807) is 17.8 Å². The average molecular weight is 403 g/mol. The van der Waals surface area contributed by atoms with Crippen LogP contribution in [0.15, 0.2) is 48.8 Å². The summed E-state index contributed by atoms with van der Waals surface area (Å²) in [4.78, 5) is 27.8. The van der Waals surface area contributed by atoms with E-state index < -0.39 is 41.0 Å². The fourth-order valence-corrected chi connectivity index (χ4v) is 2.76. The third-order valence-electron chi connectivity index (χ3n) is 4.16. The van der Waals surface area contributed by atoms with Crippen molar-refractivity contribution in [1.82, 2.24) is 14.9 Å². The van der Waals surface area contributed by atoms with Crippen molar-refractivity contribution in [2.75, 3.05) is 5.32 Å². The number of aryl methyl sites for hydroxylation is 1. The van der Waals surface area contributed by atoms with Crippen LogP contribution in [0.2, 0.25) is 0 Å². The van der Waals surface area contributed by atoms with Gasteiger partial charge in [-0.3, -0.25) is 4.79 Å². The van der Waals surface area contributed by atoms with Gasteiger partial charge in [-0.05, 0) is 24.3 Å². The number of benzene rings is 2. The normalized spacial score (nSPS) is 11.7. The Morgan fingerprint density at radius 3 is 2.48 bits per heavy atom. The third kappa shape index (κ3) is 4.37. The van der Waals surface area contributed by atoms with E-state index in [-0.39, 0.29) is 11.3 Å². The molecule has 0 aliphatic rings. The number of carbonyl (C=O) groups is 2. The van der Waals surface area contributed by atoms with E-state index in [4.69, 9.17) is 5.73 Å². The second-order valence-corrected chi connectivity index (χ2v) is 6.15. The highest BCUT2D eigenvalue weighted by Gasteiger charge is 2.24. The van der Waals surface area contributed by atoms with Crippen molar-refractivity contribution in [1.29, 1.82) is 0 Å². The van der Waals surface area contributed by atoms with Gasteiger partial charge < -0.3 is 20.9 Å². The number of nitrogens with zero attached hydrogens (tertiary/aromatic N) is 2. The van der Waals surface area contributed by atoms with Crippen molar-refractivity contribution in [3.63, 3.8) is 0 Å². The van der Waals surface area contributed by atoms with Gasteiger partial charge in [-0.15, -0.1) is 0 Å². The quantitative estimate of drug-likeness (QED) is 0.610. The fourth-order valence-electron chi connectivity index (χ4n) is 2.76. The van der Waals surface area contributed by atoms with Crippen molar-refractivity contribution in [3.8, 4) is 0 Å². The number of primary amides is 1. The number of nitrogens with one attached hydrogen (secondary N) is 2. The number of anilines is 1. The highest BCUT2D eigenvalue weighted by atomic mass is 19.1. The topological polar surface area (TPSA) is 102 Å². The molecule has 1 heterocycles. The Morgan fingerprint density at radius 1 is 1.10 bits per heavy atom. The number of urea groups is 1. The first-order valence-electron chi connectivity index (χ1n) is 8.35. The first-order chi connectivity index (χ1) is 13.8. The van der Waals surface area contributed by atoms with Crippen LogP contribution in [0, 0.1) is 17.5 Å². The third-order valence-corrected chi connectivity index (χ3v) is 4.16. The van der Waals surface area contributed by atoms with Crippen LogP contribution in [-0.4, -0.2) is 21.5 Å². The number of hydrogen-bond acceptors (Lipinski definition) is 3. The minimum atomic E-state index is -1.05. The van der Waals surface area contributed by atoms with Crippen molar-refractivity contribution in [3.05, 3.63) is 83.2 Å². The second kappa shape index (κ2) is 8.05. The molecule has 0 radical (unpaired) electrons. The molecule has 3 aromatic rings. The van der Waals surface area contributed by atoms with Gasteiger partial charge >= 0.3 is 6.03 Å². The Morgan fingerprint density at radius 2 is 1.86 bits per heavy atom. The number of halogens is 3. The molecule has 4 N–H and O–H groups in total. The second-order valence-electron chi connectivity index (χ2n) is 6.15. The van der Waals surface area contributed by atoms with Crippen molar-refractivity contribution >= 4 is 17.6 Å². The molecule has 10 heteroatoms. The molecule has 1 unspecified atom stereocenters. The Kier molecular flexibility index (Phi) is 5.53.